The number of allylic oxidation sites excluding steroid dienone is 3. The number of amides is 1. The van der Waals surface area contributed by atoms with Crippen LogP contribution in [0.15, 0.2) is 24.3 Å². The first-order valence-corrected chi connectivity index (χ1v) is 38.1. The molecule has 0 aliphatic carbocycles. The summed E-state index contributed by atoms with van der Waals surface area (Å²) in [6.45, 7) is 1.78. The van der Waals surface area contributed by atoms with Crippen LogP contribution in [-0.4, -0.2) is 193 Å². The van der Waals surface area contributed by atoms with E-state index in [-0.39, 0.29) is 18.9 Å². The van der Waals surface area contributed by atoms with Crippen molar-refractivity contribution in [1.29, 1.82) is 0 Å². The van der Waals surface area contributed by atoms with E-state index in [1.54, 1.807) is 6.08 Å². The molecule has 3 aliphatic heterocycles. The zero-order chi connectivity index (χ0) is 67.5. The summed E-state index contributed by atoms with van der Waals surface area (Å²) >= 11 is 0. The molecule has 548 valence electrons. The van der Waals surface area contributed by atoms with Gasteiger partial charge in [-0.1, -0.05) is 282 Å². The predicted octanol–water partition coefficient (Wildman–Crippen LogP) is 11.4. The highest BCUT2D eigenvalue weighted by Crippen LogP contribution is 2.33. The highest BCUT2D eigenvalue weighted by atomic mass is 16.8. The Balaban J connectivity index is 1.40. The van der Waals surface area contributed by atoms with Crippen LogP contribution in [0.3, 0.4) is 0 Å². The number of aliphatic hydroxyl groups is 11. The fourth-order valence-corrected chi connectivity index (χ4v) is 13.1. The third kappa shape index (κ3) is 37.3. The number of carbonyl (C=O) groups is 1. The van der Waals surface area contributed by atoms with Gasteiger partial charge in [-0.3, -0.25) is 4.79 Å². The van der Waals surface area contributed by atoms with Crippen molar-refractivity contribution in [1.82, 2.24) is 5.32 Å². The molecule has 19 nitrogen and oxygen atoms in total. The van der Waals surface area contributed by atoms with E-state index in [0.29, 0.717) is 6.42 Å². The Morgan fingerprint density at radius 3 is 1.04 bits per heavy atom. The lowest BCUT2D eigenvalue weighted by Crippen LogP contribution is -2.66. The number of hydrogen-bond donors (Lipinski definition) is 12. The van der Waals surface area contributed by atoms with Gasteiger partial charge in [-0.2, -0.15) is 0 Å². The maximum atomic E-state index is 13.4. The van der Waals surface area contributed by atoms with E-state index in [4.69, 9.17) is 28.4 Å². The van der Waals surface area contributed by atoms with E-state index in [1.807, 2.05) is 6.08 Å². The molecule has 17 unspecified atom stereocenters. The second kappa shape index (κ2) is 56.1. The van der Waals surface area contributed by atoms with Crippen molar-refractivity contribution in [3.63, 3.8) is 0 Å². The van der Waals surface area contributed by atoms with Gasteiger partial charge in [-0.05, 0) is 44.9 Å². The van der Waals surface area contributed by atoms with Crippen LogP contribution in [0, 0.1) is 0 Å². The van der Waals surface area contributed by atoms with E-state index in [1.165, 1.54) is 238 Å². The van der Waals surface area contributed by atoms with Gasteiger partial charge < -0.3 is 89.9 Å². The topological polar surface area (TPSA) is 307 Å². The number of hydrogen-bond acceptors (Lipinski definition) is 18. The summed E-state index contributed by atoms with van der Waals surface area (Å²) in [6, 6.07) is -0.972. The molecule has 1 amide bonds. The molecule has 3 rings (SSSR count). The van der Waals surface area contributed by atoms with Gasteiger partial charge in [0.2, 0.25) is 5.91 Å². The Kier molecular flexibility index (Phi) is 51.5. The maximum Gasteiger partial charge on any atom is 0.220 e. The average Bonchev–Trinajstić information content (AvgIpc) is 0.902. The minimum Gasteiger partial charge on any atom is -0.394 e. The summed E-state index contributed by atoms with van der Waals surface area (Å²) in [4.78, 5) is 13.4. The first kappa shape index (κ1) is 85.5. The third-order valence-corrected chi connectivity index (χ3v) is 19.2. The summed E-state index contributed by atoms with van der Waals surface area (Å²) in [6.07, 6.45) is 38.7. The van der Waals surface area contributed by atoms with Crippen LogP contribution in [-0.2, 0) is 33.2 Å². The lowest BCUT2D eigenvalue weighted by Gasteiger charge is -2.48. The zero-order valence-corrected chi connectivity index (χ0v) is 58.3. The van der Waals surface area contributed by atoms with Crippen molar-refractivity contribution < 1.29 is 89.4 Å². The third-order valence-electron chi connectivity index (χ3n) is 19.2. The minimum atomic E-state index is -1.98. The fourth-order valence-electron chi connectivity index (χ4n) is 13.1. The van der Waals surface area contributed by atoms with Gasteiger partial charge in [0.05, 0.1) is 38.6 Å². The Morgan fingerprint density at radius 2 is 0.677 bits per heavy atom. The number of ether oxygens (including phenoxy) is 6. The van der Waals surface area contributed by atoms with Crippen molar-refractivity contribution >= 4 is 5.91 Å². The zero-order valence-electron chi connectivity index (χ0n) is 58.3. The lowest BCUT2D eigenvalue weighted by molar-refractivity contribution is -0.379. The molecule has 3 aliphatic rings. The second-order valence-corrected chi connectivity index (χ2v) is 27.5. The summed E-state index contributed by atoms with van der Waals surface area (Å²) < 4.78 is 34.4. The molecule has 0 aromatic heterocycles. The smallest absolute Gasteiger partial charge is 0.220 e. The van der Waals surface area contributed by atoms with Crippen molar-refractivity contribution in [2.75, 3.05) is 26.4 Å². The highest BCUT2D eigenvalue weighted by molar-refractivity contribution is 5.76. The van der Waals surface area contributed by atoms with E-state index in [0.717, 1.165) is 44.9 Å². The largest absolute Gasteiger partial charge is 0.394 e. The minimum absolute atomic E-state index is 0.247. The lowest BCUT2D eigenvalue weighted by atomic mass is 9.96. The van der Waals surface area contributed by atoms with Gasteiger partial charge in [-0.25, -0.2) is 0 Å². The van der Waals surface area contributed by atoms with Crippen LogP contribution in [0.4, 0.5) is 0 Å². The van der Waals surface area contributed by atoms with Crippen LogP contribution in [0.2, 0.25) is 0 Å². The maximum absolute atomic E-state index is 13.4. The van der Waals surface area contributed by atoms with E-state index in [9.17, 15) is 61.0 Å². The molecule has 3 saturated heterocycles. The number of nitrogens with one attached hydrogen (secondary N) is 1. The molecule has 93 heavy (non-hydrogen) atoms. The Morgan fingerprint density at radius 1 is 0.376 bits per heavy atom. The first-order chi connectivity index (χ1) is 45.3. The fraction of sp³-hybridized carbons (Fsp3) is 0.932. The van der Waals surface area contributed by atoms with Gasteiger partial charge in [-0.15, -0.1) is 0 Å². The summed E-state index contributed by atoms with van der Waals surface area (Å²) in [5.74, 6) is -0.270. The second-order valence-electron chi connectivity index (χ2n) is 27.5. The summed E-state index contributed by atoms with van der Waals surface area (Å²) in [5.41, 5.74) is 0. The first-order valence-electron chi connectivity index (χ1n) is 38.1. The molecular weight excluding hydrogens is 1190 g/mol. The SMILES string of the molecule is CCCCCCCCCC/C=C\CCCCCCCCCCCCCCCCCC(=O)NC(COC1OC(CO)C(OC2OC(CO)C(OC3OC(CO)C(O)C(O)C3O)C(O)C2O)C(O)C1O)C(O)/C=C/CCCCCCCCCCCCCCCCCCCCC. The van der Waals surface area contributed by atoms with E-state index >= 15 is 0 Å². The predicted molar refractivity (Wildman–Crippen MR) is 365 cm³/mol. The van der Waals surface area contributed by atoms with Crippen LogP contribution in [0.5, 0.6) is 0 Å². The standard InChI is InChI=1S/C74H139NO18/c1-3-5-7-9-11-13-15-17-19-21-23-25-26-27-28-29-30-32-34-36-38-40-42-44-46-48-50-52-62(80)75-57(58(79)51-49-47-45-43-41-39-37-35-33-31-24-22-20-18-16-14-12-10-8-6-4-2)56-88-72-68(86)65(83)70(60(54-77)90-72)93-74-69(87)66(84)71(61(55-78)91-74)92-73-67(85)64(82)63(81)59(53-76)89-73/h21,23,49,51,57-61,63-74,76-79,81-87H,3-20,22,24-48,50,52-56H2,1-2H3,(H,75,80)/b23-21-,51-49+. The molecule has 0 spiro atoms. The van der Waals surface area contributed by atoms with Gasteiger partial charge in [0.1, 0.15) is 73.2 Å². The Labute approximate surface area is 562 Å². The molecule has 19 heteroatoms. The van der Waals surface area contributed by atoms with Crippen LogP contribution in [0.25, 0.3) is 0 Å². The molecule has 3 fully saturated rings. The monoisotopic (exact) mass is 1330 g/mol. The molecule has 0 aromatic rings. The molecular formula is C74H139NO18. The molecule has 0 radical (unpaired) electrons. The molecule has 0 bridgehead atoms. The quantitative estimate of drug-likeness (QED) is 0.0199. The summed E-state index contributed by atoms with van der Waals surface area (Å²) in [7, 11) is 0. The Hall–Kier alpha value is -1.73. The molecule has 17 atom stereocenters. The molecule has 0 saturated carbocycles. The van der Waals surface area contributed by atoms with Gasteiger partial charge in [0.15, 0.2) is 18.9 Å². The molecule has 0 aromatic carbocycles. The van der Waals surface area contributed by atoms with E-state index < -0.39 is 124 Å². The van der Waals surface area contributed by atoms with Crippen molar-refractivity contribution in [2.45, 2.75) is 413 Å². The van der Waals surface area contributed by atoms with E-state index in [2.05, 4.69) is 31.3 Å². The number of aliphatic hydroxyl groups excluding tert-OH is 11. The molecule has 3 heterocycles. The van der Waals surface area contributed by atoms with Crippen LogP contribution >= 0.6 is 0 Å². The van der Waals surface area contributed by atoms with Gasteiger partial charge in [0.25, 0.3) is 0 Å². The van der Waals surface area contributed by atoms with Crippen molar-refractivity contribution in [3.05, 3.63) is 24.3 Å². The van der Waals surface area contributed by atoms with Crippen LogP contribution in [0.1, 0.15) is 309 Å². The van der Waals surface area contributed by atoms with Crippen LogP contribution < -0.4 is 5.32 Å². The normalized spacial score (nSPS) is 27.6. The number of unbranched alkanes of at least 4 members (excludes halogenated alkanes) is 42. The molecule has 12 N–H and O–H groups in total. The van der Waals surface area contributed by atoms with Gasteiger partial charge >= 0.3 is 0 Å². The highest BCUT2D eigenvalue weighted by Gasteiger charge is 2.53. The number of rotatable bonds is 60. The number of carbonyl (C=O) groups excluding carboxylic acids is 1. The summed E-state index contributed by atoms with van der Waals surface area (Å²) in [5, 5.41) is 121. The Bertz CT molecular complexity index is 1780. The van der Waals surface area contributed by atoms with Gasteiger partial charge in [0, 0.05) is 6.42 Å². The van der Waals surface area contributed by atoms with Crippen molar-refractivity contribution in [2.24, 2.45) is 0 Å². The average molecular weight is 1330 g/mol. The van der Waals surface area contributed by atoms with Crippen molar-refractivity contribution in [3.8, 4) is 0 Å².